The number of carbonyl (C=O) groups excluding carboxylic acids is 1. The third kappa shape index (κ3) is 5.22. The van der Waals surface area contributed by atoms with Crippen LogP contribution in [0.5, 0.6) is 0 Å². The average molecular weight is 491 g/mol. The van der Waals surface area contributed by atoms with E-state index in [1.54, 1.807) is 0 Å². The zero-order chi connectivity index (χ0) is 25.2. The van der Waals surface area contributed by atoms with Crippen LogP contribution < -0.4 is 11.1 Å². The summed E-state index contributed by atoms with van der Waals surface area (Å²) in [7, 11) is 0. The molecule has 0 radical (unpaired) electrons. The van der Waals surface area contributed by atoms with Crippen LogP contribution in [0.25, 0.3) is 22.0 Å². The van der Waals surface area contributed by atoms with Gasteiger partial charge in [-0.05, 0) is 65.6 Å². The van der Waals surface area contributed by atoms with Gasteiger partial charge in [0.15, 0.2) is 5.82 Å². The second-order valence-electron chi connectivity index (χ2n) is 10.7. The van der Waals surface area contributed by atoms with Gasteiger partial charge >= 0.3 is 0 Å². The quantitative estimate of drug-likeness (QED) is 0.296. The van der Waals surface area contributed by atoms with Crippen LogP contribution in [0.4, 0.5) is 11.5 Å². The predicted molar refractivity (Wildman–Crippen MR) is 150 cm³/mol. The second kappa shape index (κ2) is 10.3. The summed E-state index contributed by atoms with van der Waals surface area (Å²) in [5, 5.41) is 5.47. The molecule has 0 unspecified atom stereocenters. The first-order valence-corrected chi connectivity index (χ1v) is 13.7. The number of nitrogen functional groups attached to an aromatic ring is 1. The number of nitrogens with one attached hydrogen (secondary N) is 1. The molecule has 1 saturated carbocycles. The Balaban J connectivity index is 1.27. The standard InChI is InChI=1S/C32H34N4O/c33-26-14-15-27-25(20-26)13-17-28-31(27)34-29(16-11-21-6-2-1-3-7-21)32(35-28)36-30(37)19-22-10-12-23-8-4-5-9-24(23)18-22/h4-5,8-10,12,14-15,18,20-21H,1-3,6-7,11,13,16-17,19,33H2,(H,35,36,37). The Bertz CT molecular complexity index is 1450. The summed E-state index contributed by atoms with van der Waals surface area (Å²) in [6.07, 6.45) is 10.5. The number of hydrogen-bond donors (Lipinski definition) is 2. The zero-order valence-electron chi connectivity index (χ0n) is 21.3. The maximum absolute atomic E-state index is 13.2. The van der Waals surface area contributed by atoms with Crippen LogP contribution in [0, 0.1) is 5.92 Å². The van der Waals surface area contributed by atoms with Crippen molar-refractivity contribution in [1.29, 1.82) is 0 Å². The number of aryl methyl sites for hydroxylation is 3. The van der Waals surface area contributed by atoms with E-state index in [9.17, 15) is 4.79 Å². The molecule has 1 amide bonds. The zero-order valence-corrected chi connectivity index (χ0v) is 21.3. The van der Waals surface area contributed by atoms with Gasteiger partial charge in [0.25, 0.3) is 0 Å². The normalized spacial score (nSPS) is 15.2. The van der Waals surface area contributed by atoms with Gasteiger partial charge in [-0.3, -0.25) is 4.79 Å². The first-order valence-electron chi connectivity index (χ1n) is 13.7. The number of carbonyl (C=O) groups is 1. The number of nitrogens with two attached hydrogens (primary N) is 1. The van der Waals surface area contributed by atoms with Crippen LogP contribution in [0.1, 0.15) is 61.0 Å². The fraction of sp³-hybridized carbons (Fsp3) is 0.344. The molecule has 0 aliphatic heterocycles. The molecule has 5 heteroatoms. The monoisotopic (exact) mass is 490 g/mol. The number of rotatable bonds is 6. The van der Waals surface area contributed by atoms with Crippen LogP contribution in [0.2, 0.25) is 0 Å². The summed E-state index contributed by atoms with van der Waals surface area (Å²) in [4.78, 5) is 23.3. The van der Waals surface area contributed by atoms with Crippen LogP contribution in [-0.4, -0.2) is 15.9 Å². The Kier molecular flexibility index (Phi) is 6.60. The third-order valence-electron chi connectivity index (χ3n) is 8.01. The van der Waals surface area contributed by atoms with Crippen LogP contribution >= 0.6 is 0 Å². The van der Waals surface area contributed by atoms with Gasteiger partial charge < -0.3 is 11.1 Å². The number of nitrogens with zero attached hydrogens (tertiary/aromatic N) is 2. The van der Waals surface area contributed by atoms with E-state index in [4.69, 9.17) is 15.7 Å². The molecular weight excluding hydrogens is 456 g/mol. The van der Waals surface area contributed by atoms with Crippen molar-refractivity contribution in [3.8, 4) is 11.3 Å². The molecule has 188 valence electrons. The molecule has 1 heterocycles. The lowest BCUT2D eigenvalue weighted by Crippen LogP contribution is -2.20. The van der Waals surface area contributed by atoms with E-state index in [0.29, 0.717) is 12.2 Å². The van der Waals surface area contributed by atoms with E-state index in [-0.39, 0.29) is 5.91 Å². The Labute approximate surface area is 218 Å². The van der Waals surface area contributed by atoms with Gasteiger partial charge in [-0.25, -0.2) is 9.97 Å². The Hall–Kier alpha value is -3.73. The van der Waals surface area contributed by atoms with Crippen molar-refractivity contribution in [1.82, 2.24) is 9.97 Å². The molecule has 1 aromatic heterocycles. The van der Waals surface area contributed by atoms with E-state index in [0.717, 1.165) is 70.9 Å². The van der Waals surface area contributed by atoms with Crippen molar-refractivity contribution in [3.63, 3.8) is 0 Å². The van der Waals surface area contributed by atoms with Crippen molar-refractivity contribution in [3.05, 3.63) is 83.2 Å². The van der Waals surface area contributed by atoms with Crippen LogP contribution in [-0.2, 0) is 30.5 Å². The van der Waals surface area contributed by atoms with Crippen molar-refractivity contribution >= 4 is 28.2 Å². The highest BCUT2D eigenvalue weighted by Gasteiger charge is 2.23. The van der Waals surface area contributed by atoms with Crippen molar-refractivity contribution in [2.75, 3.05) is 11.1 Å². The highest BCUT2D eigenvalue weighted by molar-refractivity contribution is 5.93. The van der Waals surface area contributed by atoms with Gasteiger partial charge in [-0.2, -0.15) is 0 Å². The molecular formula is C32H34N4O. The average Bonchev–Trinajstić information content (AvgIpc) is 2.92. The minimum atomic E-state index is -0.0487. The number of amides is 1. The smallest absolute Gasteiger partial charge is 0.229 e. The molecule has 37 heavy (non-hydrogen) atoms. The minimum absolute atomic E-state index is 0.0487. The molecule has 4 aromatic rings. The lowest BCUT2D eigenvalue weighted by Gasteiger charge is -2.23. The molecule has 1 fully saturated rings. The van der Waals surface area contributed by atoms with E-state index in [1.165, 1.54) is 43.1 Å². The van der Waals surface area contributed by atoms with Gasteiger partial charge in [-0.15, -0.1) is 0 Å². The van der Waals surface area contributed by atoms with Crippen LogP contribution in [0.3, 0.4) is 0 Å². The number of aromatic nitrogens is 2. The molecule has 3 N–H and O–H groups in total. The summed E-state index contributed by atoms with van der Waals surface area (Å²) in [5.74, 6) is 1.33. The number of hydrogen-bond acceptors (Lipinski definition) is 4. The van der Waals surface area contributed by atoms with E-state index in [1.807, 2.05) is 24.3 Å². The summed E-state index contributed by atoms with van der Waals surface area (Å²) in [5.41, 5.74) is 13.0. The SMILES string of the molecule is Nc1ccc2c(c1)CCc1nc(NC(=O)Cc3ccc4ccccc4c3)c(CCC3CCCCC3)nc1-2. The van der Waals surface area contributed by atoms with Gasteiger partial charge in [0, 0.05) is 11.3 Å². The van der Waals surface area contributed by atoms with Gasteiger partial charge in [0.1, 0.15) is 0 Å². The van der Waals surface area contributed by atoms with E-state index < -0.39 is 0 Å². The topological polar surface area (TPSA) is 80.9 Å². The summed E-state index contributed by atoms with van der Waals surface area (Å²) in [6.45, 7) is 0. The van der Waals surface area contributed by atoms with E-state index >= 15 is 0 Å². The molecule has 0 bridgehead atoms. The highest BCUT2D eigenvalue weighted by Crippen LogP contribution is 2.35. The van der Waals surface area contributed by atoms with Crippen molar-refractivity contribution in [2.24, 2.45) is 5.92 Å². The number of benzene rings is 3. The molecule has 0 spiro atoms. The van der Waals surface area contributed by atoms with Crippen molar-refractivity contribution in [2.45, 2.75) is 64.2 Å². The second-order valence-corrected chi connectivity index (χ2v) is 10.7. The Morgan fingerprint density at radius 2 is 1.76 bits per heavy atom. The largest absolute Gasteiger partial charge is 0.399 e. The minimum Gasteiger partial charge on any atom is -0.399 e. The summed E-state index contributed by atoms with van der Waals surface area (Å²) in [6, 6.07) is 20.5. The maximum atomic E-state index is 13.2. The predicted octanol–water partition coefficient (Wildman–Crippen LogP) is 6.67. The molecule has 6 rings (SSSR count). The lowest BCUT2D eigenvalue weighted by molar-refractivity contribution is -0.115. The molecule has 2 aliphatic carbocycles. The number of fused-ring (bicyclic) bond motifs is 4. The molecule has 3 aromatic carbocycles. The van der Waals surface area contributed by atoms with Crippen LogP contribution in [0.15, 0.2) is 60.7 Å². The van der Waals surface area contributed by atoms with Gasteiger partial charge in [-0.1, -0.05) is 80.6 Å². The van der Waals surface area contributed by atoms with Gasteiger partial charge in [0.05, 0.1) is 23.5 Å². The Morgan fingerprint density at radius 3 is 2.62 bits per heavy atom. The first kappa shape index (κ1) is 23.7. The van der Waals surface area contributed by atoms with Crippen molar-refractivity contribution < 1.29 is 4.79 Å². The summed E-state index contributed by atoms with van der Waals surface area (Å²) < 4.78 is 0. The Morgan fingerprint density at radius 1 is 0.919 bits per heavy atom. The van der Waals surface area contributed by atoms with Gasteiger partial charge in [0.2, 0.25) is 5.91 Å². The molecule has 0 saturated heterocycles. The maximum Gasteiger partial charge on any atom is 0.229 e. The number of anilines is 2. The summed E-state index contributed by atoms with van der Waals surface area (Å²) >= 11 is 0. The molecule has 0 atom stereocenters. The lowest BCUT2D eigenvalue weighted by atomic mass is 9.85. The third-order valence-corrected chi connectivity index (χ3v) is 8.01. The first-order chi connectivity index (χ1) is 18.1. The molecule has 2 aliphatic rings. The highest BCUT2D eigenvalue weighted by atomic mass is 16.1. The van der Waals surface area contributed by atoms with E-state index in [2.05, 4.69) is 41.7 Å². The molecule has 5 nitrogen and oxygen atoms in total. The fourth-order valence-electron chi connectivity index (χ4n) is 6.00. The fourth-order valence-corrected chi connectivity index (χ4v) is 6.00.